The molecular weight excluding hydrogens is 222 g/mol. The second-order valence-corrected chi connectivity index (χ2v) is 4.54. The molecule has 1 aliphatic rings. The van der Waals surface area contributed by atoms with E-state index in [2.05, 4.69) is 10.6 Å². The van der Waals surface area contributed by atoms with E-state index in [1.165, 1.54) is 4.57 Å². The van der Waals surface area contributed by atoms with Crippen LogP contribution in [0.2, 0.25) is 0 Å². The number of aryl methyl sites for hydroxylation is 1. The summed E-state index contributed by atoms with van der Waals surface area (Å²) in [6, 6.07) is -0.327. The Morgan fingerprint density at radius 1 is 1.53 bits per heavy atom. The first-order chi connectivity index (χ1) is 7.91. The van der Waals surface area contributed by atoms with Crippen LogP contribution in [0.4, 0.5) is 11.4 Å². The van der Waals surface area contributed by atoms with Gasteiger partial charge < -0.3 is 20.3 Å². The molecule has 6 nitrogen and oxygen atoms in total. The van der Waals surface area contributed by atoms with Gasteiger partial charge in [-0.25, -0.2) is 4.79 Å². The maximum absolute atomic E-state index is 11.8. The van der Waals surface area contributed by atoms with Crippen molar-refractivity contribution in [2.75, 3.05) is 10.6 Å². The number of nitrogens with one attached hydrogen (secondary N) is 2. The lowest BCUT2D eigenvalue weighted by molar-refractivity contribution is -0.117. The summed E-state index contributed by atoms with van der Waals surface area (Å²) in [6.45, 7) is 3.87. The van der Waals surface area contributed by atoms with Gasteiger partial charge in [-0.05, 0) is 5.92 Å². The van der Waals surface area contributed by atoms with Crippen molar-refractivity contribution in [1.82, 2.24) is 4.57 Å². The molecule has 0 saturated heterocycles. The van der Waals surface area contributed by atoms with Gasteiger partial charge in [-0.2, -0.15) is 0 Å². The minimum Gasteiger partial charge on any atom is -0.477 e. The SMILES string of the molecule is CC(C)[C@@H]1Nc2cn(C)c(C(=O)O)c2NC1=O. The summed E-state index contributed by atoms with van der Waals surface area (Å²) in [4.78, 5) is 22.9. The van der Waals surface area contributed by atoms with Crippen molar-refractivity contribution >= 4 is 23.3 Å². The van der Waals surface area contributed by atoms with Crippen LogP contribution < -0.4 is 10.6 Å². The lowest BCUT2D eigenvalue weighted by Crippen LogP contribution is -2.42. The van der Waals surface area contributed by atoms with Crippen molar-refractivity contribution in [2.24, 2.45) is 13.0 Å². The molecule has 17 heavy (non-hydrogen) atoms. The van der Waals surface area contributed by atoms with Crippen LogP contribution in [-0.4, -0.2) is 27.6 Å². The summed E-state index contributed by atoms with van der Waals surface area (Å²) in [6.07, 6.45) is 1.67. The van der Waals surface area contributed by atoms with E-state index in [1.807, 2.05) is 13.8 Å². The number of fused-ring (bicyclic) bond motifs is 1. The molecule has 0 aliphatic carbocycles. The zero-order valence-corrected chi connectivity index (χ0v) is 9.94. The Hall–Kier alpha value is -1.98. The number of anilines is 2. The number of hydrogen-bond donors (Lipinski definition) is 3. The summed E-state index contributed by atoms with van der Waals surface area (Å²) in [5.41, 5.74) is 1.09. The van der Waals surface area contributed by atoms with Crippen LogP contribution >= 0.6 is 0 Å². The second kappa shape index (κ2) is 3.80. The van der Waals surface area contributed by atoms with Crippen LogP contribution in [-0.2, 0) is 11.8 Å². The molecule has 0 fully saturated rings. The van der Waals surface area contributed by atoms with E-state index in [0.717, 1.165) is 0 Å². The van der Waals surface area contributed by atoms with Crippen LogP contribution in [0.25, 0.3) is 0 Å². The molecule has 2 heterocycles. The number of rotatable bonds is 2. The Morgan fingerprint density at radius 3 is 2.71 bits per heavy atom. The molecule has 0 unspecified atom stereocenters. The lowest BCUT2D eigenvalue weighted by atomic mass is 10.0. The maximum Gasteiger partial charge on any atom is 0.354 e. The molecule has 3 N–H and O–H groups in total. The molecule has 1 aliphatic heterocycles. The standard InChI is InChI=1S/C11H15N3O3/c1-5(2)7-10(15)13-8-6(12-7)4-14(3)9(8)11(16)17/h4-5,7,12H,1-3H3,(H,13,15)(H,16,17)/t7-/m0/s1. The monoisotopic (exact) mass is 237 g/mol. The minimum atomic E-state index is -1.06. The smallest absolute Gasteiger partial charge is 0.354 e. The Morgan fingerprint density at radius 2 is 2.18 bits per heavy atom. The average molecular weight is 237 g/mol. The Labute approximate surface area is 98.6 Å². The normalized spacial score (nSPS) is 18.6. The third-order valence-corrected chi connectivity index (χ3v) is 2.89. The van der Waals surface area contributed by atoms with Gasteiger partial charge in [0.1, 0.15) is 6.04 Å². The van der Waals surface area contributed by atoms with Gasteiger partial charge in [0, 0.05) is 13.2 Å². The summed E-state index contributed by atoms with van der Waals surface area (Å²) in [5.74, 6) is -1.11. The molecule has 0 saturated carbocycles. The first-order valence-corrected chi connectivity index (χ1v) is 5.41. The zero-order chi connectivity index (χ0) is 12.7. The quantitative estimate of drug-likeness (QED) is 0.719. The Bertz CT molecular complexity index is 490. The van der Waals surface area contributed by atoms with Crippen molar-refractivity contribution in [1.29, 1.82) is 0 Å². The van der Waals surface area contributed by atoms with Crippen LogP contribution in [0.5, 0.6) is 0 Å². The van der Waals surface area contributed by atoms with Gasteiger partial charge in [0.25, 0.3) is 0 Å². The maximum atomic E-state index is 11.8. The van der Waals surface area contributed by atoms with Gasteiger partial charge in [0.2, 0.25) is 5.91 Å². The van der Waals surface area contributed by atoms with Gasteiger partial charge in [-0.15, -0.1) is 0 Å². The summed E-state index contributed by atoms with van der Waals surface area (Å²) >= 11 is 0. The Kier molecular flexibility index (Phi) is 2.57. The molecule has 1 aromatic rings. The highest BCUT2D eigenvalue weighted by atomic mass is 16.4. The van der Waals surface area contributed by atoms with E-state index in [0.29, 0.717) is 11.4 Å². The summed E-state index contributed by atoms with van der Waals surface area (Å²) in [7, 11) is 1.64. The molecule has 2 rings (SSSR count). The summed E-state index contributed by atoms with van der Waals surface area (Å²) in [5, 5.41) is 14.8. The van der Waals surface area contributed by atoms with E-state index in [9.17, 15) is 9.59 Å². The average Bonchev–Trinajstić information content (AvgIpc) is 2.51. The number of carbonyl (C=O) groups excluding carboxylic acids is 1. The van der Waals surface area contributed by atoms with Crippen LogP contribution in [0.15, 0.2) is 6.20 Å². The van der Waals surface area contributed by atoms with E-state index in [4.69, 9.17) is 5.11 Å². The molecule has 0 spiro atoms. The van der Waals surface area contributed by atoms with Crippen LogP contribution in [0.3, 0.4) is 0 Å². The second-order valence-electron chi connectivity index (χ2n) is 4.54. The number of aromatic carboxylic acids is 1. The third kappa shape index (κ3) is 1.75. The fourth-order valence-electron chi connectivity index (χ4n) is 2.02. The fourth-order valence-corrected chi connectivity index (χ4v) is 2.02. The molecule has 92 valence electrons. The number of nitrogens with zero attached hydrogens (tertiary/aromatic N) is 1. The van der Waals surface area contributed by atoms with E-state index in [-0.39, 0.29) is 23.6 Å². The molecule has 1 aromatic heterocycles. The number of aromatic nitrogens is 1. The van der Waals surface area contributed by atoms with Gasteiger partial charge in [-0.1, -0.05) is 13.8 Å². The van der Waals surface area contributed by atoms with Crippen molar-refractivity contribution in [3.8, 4) is 0 Å². The molecule has 6 heteroatoms. The highest BCUT2D eigenvalue weighted by Crippen LogP contribution is 2.33. The molecule has 1 atom stereocenters. The highest BCUT2D eigenvalue weighted by Gasteiger charge is 2.32. The van der Waals surface area contributed by atoms with Gasteiger partial charge in [0.15, 0.2) is 5.69 Å². The molecule has 1 amide bonds. The van der Waals surface area contributed by atoms with Gasteiger partial charge in [0.05, 0.1) is 11.4 Å². The van der Waals surface area contributed by atoms with Crippen molar-refractivity contribution in [2.45, 2.75) is 19.9 Å². The Balaban J connectivity index is 2.45. The van der Waals surface area contributed by atoms with Crippen LogP contribution in [0, 0.1) is 5.92 Å². The van der Waals surface area contributed by atoms with Gasteiger partial charge in [-0.3, -0.25) is 4.79 Å². The number of carboxylic acid groups (broad SMARTS) is 1. The van der Waals surface area contributed by atoms with Crippen LogP contribution in [0.1, 0.15) is 24.3 Å². The van der Waals surface area contributed by atoms with Gasteiger partial charge >= 0.3 is 5.97 Å². The predicted molar refractivity (Wildman–Crippen MR) is 63.3 cm³/mol. The molecular formula is C11H15N3O3. The zero-order valence-electron chi connectivity index (χ0n) is 9.94. The lowest BCUT2D eigenvalue weighted by Gasteiger charge is -2.27. The van der Waals surface area contributed by atoms with E-state index in [1.54, 1.807) is 13.2 Å². The number of amides is 1. The first kappa shape index (κ1) is 11.5. The summed E-state index contributed by atoms with van der Waals surface area (Å²) < 4.78 is 1.49. The number of carboxylic acids is 1. The van der Waals surface area contributed by atoms with E-state index < -0.39 is 5.97 Å². The topological polar surface area (TPSA) is 83.4 Å². The van der Waals surface area contributed by atoms with Crippen molar-refractivity contribution < 1.29 is 14.7 Å². The molecule has 0 radical (unpaired) electrons. The first-order valence-electron chi connectivity index (χ1n) is 5.41. The largest absolute Gasteiger partial charge is 0.477 e. The number of hydrogen-bond acceptors (Lipinski definition) is 3. The highest BCUT2D eigenvalue weighted by molar-refractivity contribution is 6.09. The third-order valence-electron chi connectivity index (χ3n) is 2.89. The number of carbonyl (C=O) groups is 2. The molecule has 0 bridgehead atoms. The van der Waals surface area contributed by atoms with Crippen molar-refractivity contribution in [3.05, 3.63) is 11.9 Å². The molecule has 0 aromatic carbocycles. The van der Waals surface area contributed by atoms with Crippen molar-refractivity contribution in [3.63, 3.8) is 0 Å². The predicted octanol–water partition coefficient (Wildman–Crippen LogP) is 1.11. The minimum absolute atomic E-state index is 0.0862. The fraction of sp³-hybridized carbons (Fsp3) is 0.455. The van der Waals surface area contributed by atoms with E-state index >= 15 is 0 Å².